The van der Waals surface area contributed by atoms with E-state index in [-0.39, 0.29) is 6.04 Å². The number of hydrogen-bond acceptors (Lipinski definition) is 2. The standard InChI is InChI=1S/C16H24ClNO/c1-11-4-7-14(8-5-11)19-16-9-6-13(17)10-15(16)12(2)18-3/h6,9-12,14,18H,4-5,7-8H2,1-3H3. The van der Waals surface area contributed by atoms with E-state index in [1.54, 1.807) is 0 Å². The van der Waals surface area contributed by atoms with Crippen LogP contribution in [0.3, 0.4) is 0 Å². The molecular weight excluding hydrogens is 258 g/mol. The van der Waals surface area contributed by atoms with E-state index in [1.807, 2.05) is 25.2 Å². The van der Waals surface area contributed by atoms with Gasteiger partial charge >= 0.3 is 0 Å². The lowest BCUT2D eigenvalue weighted by molar-refractivity contribution is 0.133. The Bertz CT molecular complexity index is 413. The third-order valence-corrected chi connectivity index (χ3v) is 4.36. The predicted molar refractivity (Wildman–Crippen MR) is 81.0 cm³/mol. The van der Waals surface area contributed by atoms with Gasteiger partial charge in [-0.1, -0.05) is 18.5 Å². The first-order valence-electron chi connectivity index (χ1n) is 7.23. The Morgan fingerprint density at radius 1 is 1.26 bits per heavy atom. The normalized spacial score (nSPS) is 25.1. The summed E-state index contributed by atoms with van der Waals surface area (Å²) in [5.74, 6) is 1.83. The van der Waals surface area contributed by atoms with Crippen LogP contribution in [-0.2, 0) is 0 Å². The number of hydrogen-bond donors (Lipinski definition) is 1. The van der Waals surface area contributed by atoms with Gasteiger partial charge in [0.15, 0.2) is 0 Å². The van der Waals surface area contributed by atoms with Crippen LogP contribution in [0, 0.1) is 5.92 Å². The van der Waals surface area contributed by atoms with E-state index in [9.17, 15) is 0 Å². The second-order valence-electron chi connectivity index (χ2n) is 5.69. The molecule has 3 heteroatoms. The Hall–Kier alpha value is -0.730. The minimum atomic E-state index is 0.246. The van der Waals surface area contributed by atoms with Crippen molar-refractivity contribution >= 4 is 11.6 Å². The molecule has 1 aliphatic rings. The molecule has 1 saturated carbocycles. The fourth-order valence-corrected chi connectivity index (χ4v) is 2.83. The molecule has 0 heterocycles. The fourth-order valence-electron chi connectivity index (χ4n) is 2.65. The topological polar surface area (TPSA) is 21.3 Å². The van der Waals surface area contributed by atoms with E-state index in [2.05, 4.69) is 19.2 Å². The van der Waals surface area contributed by atoms with E-state index >= 15 is 0 Å². The molecule has 0 saturated heterocycles. The quantitative estimate of drug-likeness (QED) is 0.872. The Balaban J connectivity index is 2.11. The molecule has 1 fully saturated rings. The minimum Gasteiger partial charge on any atom is -0.490 e. The van der Waals surface area contributed by atoms with Crippen molar-refractivity contribution in [2.24, 2.45) is 5.92 Å². The second-order valence-corrected chi connectivity index (χ2v) is 6.13. The van der Waals surface area contributed by atoms with E-state index in [1.165, 1.54) is 12.8 Å². The highest BCUT2D eigenvalue weighted by molar-refractivity contribution is 6.30. The summed E-state index contributed by atoms with van der Waals surface area (Å²) in [4.78, 5) is 0. The van der Waals surface area contributed by atoms with Gasteiger partial charge in [0.2, 0.25) is 0 Å². The number of halogens is 1. The van der Waals surface area contributed by atoms with E-state index in [4.69, 9.17) is 16.3 Å². The van der Waals surface area contributed by atoms with Gasteiger partial charge < -0.3 is 10.1 Å². The molecule has 0 aliphatic heterocycles. The zero-order valence-electron chi connectivity index (χ0n) is 12.1. The lowest BCUT2D eigenvalue weighted by atomic mass is 9.89. The number of rotatable bonds is 4. The highest BCUT2D eigenvalue weighted by Crippen LogP contribution is 2.32. The summed E-state index contributed by atoms with van der Waals surface area (Å²) in [6.07, 6.45) is 5.23. The van der Waals surface area contributed by atoms with Crippen LogP contribution in [0.1, 0.15) is 51.1 Å². The fraction of sp³-hybridized carbons (Fsp3) is 0.625. The smallest absolute Gasteiger partial charge is 0.124 e. The van der Waals surface area contributed by atoms with Gasteiger partial charge in [0.25, 0.3) is 0 Å². The third-order valence-electron chi connectivity index (χ3n) is 4.13. The molecule has 1 N–H and O–H groups in total. The van der Waals surface area contributed by atoms with Gasteiger partial charge in [-0.15, -0.1) is 0 Å². The largest absolute Gasteiger partial charge is 0.490 e. The summed E-state index contributed by atoms with van der Waals surface area (Å²) in [6, 6.07) is 6.16. The molecule has 2 rings (SSSR count). The van der Waals surface area contributed by atoms with Crippen molar-refractivity contribution in [3.8, 4) is 5.75 Å². The maximum Gasteiger partial charge on any atom is 0.124 e. The van der Waals surface area contributed by atoms with Crippen LogP contribution >= 0.6 is 11.6 Å². The molecule has 1 unspecified atom stereocenters. The van der Waals surface area contributed by atoms with Crippen LogP contribution < -0.4 is 10.1 Å². The summed E-state index contributed by atoms with van der Waals surface area (Å²) in [7, 11) is 1.96. The van der Waals surface area contributed by atoms with Crippen molar-refractivity contribution in [2.75, 3.05) is 7.05 Å². The average Bonchev–Trinajstić information content (AvgIpc) is 2.42. The lowest BCUT2D eigenvalue weighted by Crippen LogP contribution is -2.24. The number of nitrogens with one attached hydrogen (secondary N) is 1. The van der Waals surface area contributed by atoms with Crippen LogP contribution in [0.4, 0.5) is 0 Å². The lowest BCUT2D eigenvalue weighted by Gasteiger charge is -2.28. The molecule has 19 heavy (non-hydrogen) atoms. The molecule has 1 aromatic rings. The van der Waals surface area contributed by atoms with Crippen LogP contribution in [0.25, 0.3) is 0 Å². The van der Waals surface area contributed by atoms with Crippen molar-refractivity contribution in [1.82, 2.24) is 5.32 Å². The SMILES string of the molecule is CNC(C)c1cc(Cl)ccc1OC1CCC(C)CC1. The average molecular weight is 282 g/mol. The van der Waals surface area contributed by atoms with E-state index in [0.29, 0.717) is 6.10 Å². The van der Waals surface area contributed by atoms with Crippen LogP contribution in [0.2, 0.25) is 5.02 Å². The first kappa shape index (κ1) is 14.7. The molecule has 0 aromatic heterocycles. The molecule has 0 radical (unpaired) electrons. The van der Waals surface area contributed by atoms with Crippen LogP contribution in [0.15, 0.2) is 18.2 Å². The molecular formula is C16H24ClNO. The summed E-state index contributed by atoms with van der Waals surface area (Å²) < 4.78 is 6.21. The van der Waals surface area contributed by atoms with Gasteiger partial charge in [0.05, 0.1) is 6.10 Å². The molecule has 1 aromatic carbocycles. The van der Waals surface area contributed by atoms with Gasteiger partial charge in [0.1, 0.15) is 5.75 Å². The number of benzene rings is 1. The van der Waals surface area contributed by atoms with Crippen molar-refractivity contribution in [3.63, 3.8) is 0 Å². The van der Waals surface area contributed by atoms with Crippen molar-refractivity contribution in [3.05, 3.63) is 28.8 Å². The van der Waals surface area contributed by atoms with E-state index in [0.717, 1.165) is 35.1 Å². The number of ether oxygens (including phenoxy) is 1. The Kier molecular flexibility index (Phi) is 5.12. The first-order valence-corrected chi connectivity index (χ1v) is 7.61. The maximum atomic E-state index is 6.21. The molecule has 1 atom stereocenters. The Morgan fingerprint density at radius 2 is 1.95 bits per heavy atom. The van der Waals surface area contributed by atoms with Gasteiger partial charge in [0, 0.05) is 16.6 Å². The molecule has 106 valence electrons. The summed E-state index contributed by atoms with van der Waals surface area (Å²) in [5, 5.41) is 4.02. The first-order chi connectivity index (χ1) is 9.10. The molecule has 2 nitrogen and oxygen atoms in total. The van der Waals surface area contributed by atoms with Gasteiger partial charge in [-0.25, -0.2) is 0 Å². The molecule has 1 aliphatic carbocycles. The van der Waals surface area contributed by atoms with Gasteiger partial charge in [-0.05, 0) is 63.8 Å². The zero-order valence-corrected chi connectivity index (χ0v) is 12.8. The molecule has 0 spiro atoms. The zero-order chi connectivity index (χ0) is 13.8. The van der Waals surface area contributed by atoms with Gasteiger partial charge in [-0.2, -0.15) is 0 Å². The summed E-state index contributed by atoms with van der Waals surface area (Å²) in [5.41, 5.74) is 1.15. The van der Waals surface area contributed by atoms with Crippen molar-refractivity contribution in [2.45, 2.75) is 51.7 Å². The maximum absolute atomic E-state index is 6.21. The molecule has 0 bridgehead atoms. The van der Waals surface area contributed by atoms with Crippen LogP contribution in [-0.4, -0.2) is 13.2 Å². The summed E-state index contributed by atoms with van der Waals surface area (Å²) in [6.45, 7) is 4.45. The predicted octanol–water partition coefficient (Wildman–Crippen LogP) is 4.58. The van der Waals surface area contributed by atoms with Crippen LogP contribution in [0.5, 0.6) is 5.75 Å². The Morgan fingerprint density at radius 3 is 2.58 bits per heavy atom. The highest BCUT2D eigenvalue weighted by atomic mass is 35.5. The highest BCUT2D eigenvalue weighted by Gasteiger charge is 2.21. The monoisotopic (exact) mass is 281 g/mol. The minimum absolute atomic E-state index is 0.246. The summed E-state index contributed by atoms with van der Waals surface area (Å²) >= 11 is 6.10. The van der Waals surface area contributed by atoms with E-state index < -0.39 is 0 Å². The molecule has 0 amide bonds. The second kappa shape index (κ2) is 6.62. The van der Waals surface area contributed by atoms with Crippen molar-refractivity contribution < 1.29 is 4.74 Å². The Labute approximate surface area is 121 Å². The third kappa shape index (κ3) is 3.87. The van der Waals surface area contributed by atoms with Gasteiger partial charge in [-0.3, -0.25) is 0 Å². The van der Waals surface area contributed by atoms with Crippen molar-refractivity contribution in [1.29, 1.82) is 0 Å².